The van der Waals surface area contributed by atoms with E-state index in [1.54, 1.807) is 24.3 Å². The molecule has 0 unspecified atom stereocenters. The molecule has 0 aliphatic carbocycles. The molecule has 0 aliphatic rings. The lowest BCUT2D eigenvalue weighted by Gasteiger charge is -2.30. The van der Waals surface area contributed by atoms with Crippen molar-refractivity contribution in [1.82, 2.24) is 4.67 Å². The maximum Gasteiger partial charge on any atom is 0.461 e. The van der Waals surface area contributed by atoms with Crippen molar-refractivity contribution in [2.75, 3.05) is 38.1 Å². The summed E-state index contributed by atoms with van der Waals surface area (Å²) in [5, 5.41) is 0. The van der Waals surface area contributed by atoms with Crippen LogP contribution >= 0.6 is 30.9 Å². The summed E-state index contributed by atoms with van der Waals surface area (Å²) in [6.07, 6.45) is 14.8. The topological polar surface area (TPSA) is 91.4 Å². The monoisotopic (exact) mass is 679 g/mol. The minimum atomic E-state index is -3.97. The first-order chi connectivity index (χ1) is 21.4. The van der Waals surface area contributed by atoms with Crippen LogP contribution in [-0.4, -0.2) is 60.8 Å². The van der Waals surface area contributed by atoms with Crippen LogP contribution in [0, 0.1) is 0 Å². The predicted molar refractivity (Wildman–Crippen MR) is 180 cm³/mol. The van der Waals surface area contributed by atoms with Crippen LogP contribution in [-0.2, 0) is 28.2 Å². The van der Waals surface area contributed by atoms with E-state index in [1.165, 1.54) is 49.6 Å². The summed E-state index contributed by atoms with van der Waals surface area (Å²) < 4.78 is 38.5. The van der Waals surface area contributed by atoms with Gasteiger partial charge in [-0.2, -0.15) is 4.67 Å². The average Bonchev–Trinajstić information content (AvgIpc) is 3.02. The van der Waals surface area contributed by atoms with Gasteiger partial charge in [0, 0.05) is 37.7 Å². The van der Waals surface area contributed by atoms with Gasteiger partial charge in [0.15, 0.2) is 6.10 Å². The van der Waals surface area contributed by atoms with E-state index in [1.807, 2.05) is 6.07 Å². The highest BCUT2D eigenvalue weighted by molar-refractivity contribution is 7.51. The molecule has 2 atom stereocenters. The molecule has 0 aromatic heterocycles. The smallest absolute Gasteiger partial charge is 0.461 e. The quantitative estimate of drug-likeness (QED) is 0.0358. The van der Waals surface area contributed by atoms with Gasteiger partial charge in [0.2, 0.25) is 0 Å². The van der Waals surface area contributed by atoms with Gasteiger partial charge in [0.05, 0.1) is 6.61 Å². The van der Waals surface area contributed by atoms with Gasteiger partial charge in [0.1, 0.15) is 12.4 Å². The summed E-state index contributed by atoms with van der Waals surface area (Å²) in [5.41, 5.74) is 0. The Hall–Kier alpha value is -1.31. The Bertz CT molecular complexity index is 903. The highest BCUT2D eigenvalue weighted by Gasteiger charge is 2.36. The van der Waals surface area contributed by atoms with Crippen LogP contribution in [0.25, 0.3) is 0 Å². The largest absolute Gasteiger partial charge is 0.462 e. The standard InChI is InChI=1S/C33H56Cl2NO7P/c1-3-5-7-9-11-13-18-22-32(37)40-28-31(42-33(38)23-19-14-12-10-8-6-4-2)29-41-44(39,36(26-24-34)27-25-35)43-30-20-16-15-17-21-30/h15-17,20-21,31H,3-14,18-19,22-29H2,1-2H3/t31-,44-/m1/s1. The van der Waals surface area contributed by atoms with Crippen LogP contribution in [0.3, 0.4) is 0 Å². The summed E-state index contributed by atoms with van der Waals surface area (Å²) in [6.45, 7) is 4.28. The van der Waals surface area contributed by atoms with Gasteiger partial charge in [-0.15, -0.1) is 23.2 Å². The Labute approximate surface area is 276 Å². The molecule has 0 saturated heterocycles. The molecule has 254 valence electrons. The van der Waals surface area contributed by atoms with Gasteiger partial charge < -0.3 is 14.0 Å². The fourth-order valence-corrected chi connectivity index (χ4v) is 6.99. The Balaban J connectivity index is 2.82. The molecule has 0 heterocycles. The second-order valence-corrected chi connectivity index (χ2v) is 13.7. The molecule has 8 nitrogen and oxygen atoms in total. The Morgan fingerprint density at radius 2 is 1.23 bits per heavy atom. The van der Waals surface area contributed by atoms with Gasteiger partial charge in [-0.05, 0) is 25.0 Å². The molecular weight excluding hydrogens is 624 g/mol. The third-order valence-corrected chi connectivity index (χ3v) is 9.46. The molecule has 0 saturated carbocycles. The number of hydrogen-bond acceptors (Lipinski definition) is 7. The van der Waals surface area contributed by atoms with Crippen molar-refractivity contribution in [2.45, 2.75) is 123 Å². The first-order valence-electron chi connectivity index (χ1n) is 16.6. The summed E-state index contributed by atoms with van der Waals surface area (Å²) in [7, 11) is -3.97. The molecule has 0 radical (unpaired) electrons. The van der Waals surface area contributed by atoms with E-state index in [0.717, 1.165) is 38.5 Å². The van der Waals surface area contributed by atoms with Crippen molar-refractivity contribution in [3.05, 3.63) is 30.3 Å². The normalized spacial score (nSPS) is 13.4. The average molecular weight is 681 g/mol. The number of unbranched alkanes of at least 4 members (excludes halogenated alkanes) is 12. The van der Waals surface area contributed by atoms with Crippen LogP contribution in [0.4, 0.5) is 0 Å². The molecule has 11 heteroatoms. The molecule has 1 aromatic carbocycles. The second-order valence-electron chi connectivity index (χ2n) is 11.0. The number of nitrogens with zero attached hydrogens (tertiary/aromatic N) is 1. The summed E-state index contributed by atoms with van der Waals surface area (Å²) in [4.78, 5) is 25.2. The lowest BCUT2D eigenvalue weighted by atomic mass is 10.1. The van der Waals surface area contributed by atoms with Crippen LogP contribution in [0.2, 0.25) is 0 Å². The zero-order valence-electron chi connectivity index (χ0n) is 27.0. The van der Waals surface area contributed by atoms with Crippen molar-refractivity contribution in [2.24, 2.45) is 0 Å². The first kappa shape index (κ1) is 40.7. The van der Waals surface area contributed by atoms with E-state index in [0.29, 0.717) is 18.6 Å². The second kappa shape index (κ2) is 26.9. The maximum atomic E-state index is 14.1. The number of benzene rings is 1. The minimum Gasteiger partial charge on any atom is -0.462 e. The van der Waals surface area contributed by atoms with Crippen molar-refractivity contribution in [1.29, 1.82) is 0 Å². The van der Waals surface area contributed by atoms with E-state index in [4.69, 9.17) is 41.7 Å². The molecule has 0 N–H and O–H groups in total. The highest BCUT2D eigenvalue weighted by Crippen LogP contribution is 2.52. The fraction of sp³-hybridized carbons (Fsp3) is 0.758. The summed E-state index contributed by atoms with van der Waals surface area (Å²) in [5.74, 6) is -0.0716. The number of halogens is 2. The minimum absolute atomic E-state index is 0.176. The lowest BCUT2D eigenvalue weighted by Crippen LogP contribution is -2.33. The SMILES string of the molecule is CCCCCCCCCC(=O)OC[C@H](CO[P@@](=O)(Oc1ccccc1)N(CCCl)CCCl)OC(=O)CCCCCCCCC. The Morgan fingerprint density at radius 1 is 0.727 bits per heavy atom. The molecular formula is C33H56Cl2NO7P. The van der Waals surface area contributed by atoms with E-state index in [-0.39, 0.29) is 50.5 Å². The maximum absolute atomic E-state index is 14.1. The Morgan fingerprint density at radius 3 is 1.75 bits per heavy atom. The Kier molecular flexibility index (Phi) is 24.9. The van der Waals surface area contributed by atoms with Gasteiger partial charge in [0.25, 0.3) is 0 Å². The van der Waals surface area contributed by atoms with Gasteiger partial charge in [-0.3, -0.25) is 14.1 Å². The molecule has 0 bridgehead atoms. The number of carbonyl (C=O) groups excluding carboxylic acids is 2. The van der Waals surface area contributed by atoms with Crippen LogP contribution in [0.5, 0.6) is 5.75 Å². The van der Waals surface area contributed by atoms with E-state index in [2.05, 4.69) is 13.8 Å². The zero-order valence-corrected chi connectivity index (χ0v) is 29.4. The van der Waals surface area contributed by atoms with Gasteiger partial charge in [-0.25, -0.2) is 4.57 Å². The highest BCUT2D eigenvalue weighted by atomic mass is 35.5. The first-order valence-corrected chi connectivity index (χ1v) is 19.2. The molecule has 44 heavy (non-hydrogen) atoms. The molecule has 0 amide bonds. The number of ether oxygens (including phenoxy) is 2. The number of hydrogen-bond donors (Lipinski definition) is 0. The van der Waals surface area contributed by atoms with Crippen molar-refractivity contribution in [3.8, 4) is 5.75 Å². The summed E-state index contributed by atoms with van der Waals surface area (Å²) in [6, 6.07) is 8.66. The number of esters is 2. The fourth-order valence-electron chi connectivity index (χ4n) is 4.58. The van der Waals surface area contributed by atoms with Crippen LogP contribution < -0.4 is 4.52 Å². The predicted octanol–water partition coefficient (Wildman–Crippen LogP) is 9.71. The van der Waals surface area contributed by atoms with Crippen LogP contribution in [0.15, 0.2) is 30.3 Å². The molecule has 0 aliphatic heterocycles. The number of rotatable bonds is 29. The molecule has 1 aromatic rings. The van der Waals surface area contributed by atoms with E-state index in [9.17, 15) is 14.2 Å². The van der Waals surface area contributed by atoms with Crippen molar-refractivity contribution in [3.63, 3.8) is 0 Å². The third-order valence-electron chi connectivity index (χ3n) is 7.12. The van der Waals surface area contributed by atoms with E-state index < -0.39 is 19.8 Å². The molecule has 0 fully saturated rings. The van der Waals surface area contributed by atoms with Crippen LogP contribution in [0.1, 0.15) is 117 Å². The van der Waals surface area contributed by atoms with Crippen molar-refractivity contribution >= 4 is 42.9 Å². The number of alkyl halides is 2. The summed E-state index contributed by atoms with van der Waals surface area (Å²) >= 11 is 12.0. The van der Waals surface area contributed by atoms with Crippen molar-refractivity contribution < 1.29 is 32.7 Å². The van der Waals surface area contributed by atoms with Gasteiger partial charge >= 0.3 is 19.7 Å². The molecule has 0 spiro atoms. The number of carbonyl (C=O) groups is 2. The lowest BCUT2D eigenvalue weighted by molar-refractivity contribution is -0.161. The molecule has 1 rings (SSSR count). The zero-order chi connectivity index (χ0) is 32.3. The van der Waals surface area contributed by atoms with Gasteiger partial charge in [-0.1, -0.05) is 109 Å². The van der Waals surface area contributed by atoms with E-state index >= 15 is 0 Å². The number of para-hydroxylation sites is 1. The third kappa shape index (κ3) is 19.9.